The minimum atomic E-state index is -0.117. The third-order valence-corrected chi connectivity index (χ3v) is 3.84. The summed E-state index contributed by atoms with van der Waals surface area (Å²) in [7, 11) is 3.78. The molecule has 0 aromatic heterocycles. The number of nitrogens with zero attached hydrogens (tertiary/aromatic N) is 1. The van der Waals surface area contributed by atoms with Crippen molar-refractivity contribution >= 4 is 12.2 Å². The highest BCUT2D eigenvalue weighted by atomic mass is 16.2. The maximum Gasteiger partial charge on any atom is 0.237 e. The molecule has 0 aliphatic heterocycles. The van der Waals surface area contributed by atoms with Crippen LogP contribution in [-0.4, -0.2) is 43.8 Å². The fraction of sp³-hybridized carbons (Fsp3) is 0.846. The summed E-state index contributed by atoms with van der Waals surface area (Å²) in [6, 6.07) is -0.117. The molecule has 1 aliphatic rings. The van der Waals surface area contributed by atoms with Crippen LogP contribution in [0, 0.1) is 11.8 Å². The van der Waals surface area contributed by atoms with E-state index >= 15 is 0 Å². The first kappa shape index (κ1) is 14.2. The Morgan fingerprint density at radius 1 is 1.41 bits per heavy atom. The normalized spacial score (nSPS) is 26.6. The van der Waals surface area contributed by atoms with Crippen molar-refractivity contribution in [2.75, 3.05) is 20.6 Å². The molecule has 4 heteroatoms. The summed E-state index contributed by atoms with van der Waals surface area (Å²) in [6.07, 6.45) is 5.41. The third-order valence-electron chi connectivity index (χ3n) is 3.84. The SMILES string of the molecule is C[C@@H](C(=O)NCC1CCCCC1C=O)N(C)C. The van der Waals surface area contributed by atoms with Gasteiger partial charge in [-0.1, -0.05) is 12.8 Å². The van der Waals surface area contributed by atoms with Crippen molar-refractivity contribution in [1.29, 1.82) is 0 Å². The smallest absolute Gasteiger partial charge is 0.237 e. The van der Waals surface area contributed by atoms with Crippen LogP contribution >= 0.6 is 0 Å². The van der Waals surface area contributed by atoms with E-state index in [1.54, 1.807) is 0 Å². The molecule has 0 aromatic rings. The third kappa shape index (κ3) is 4.11. The second-order valence-corrected chi connectivity index (χ2v) is 5.23. The van der Waals surface area contributed by atoms with Gasteiger partial charge < -0.3 is 10.1 Å². The Kier molecular flexibility index (Phi) is 5.62. The topological polar surface area (TPSA) is 49.4 Å². The lowest BCUT2D eigenvalue weighted by Gasteiger charge is -2.28. The minimum absolute atomic E-state index is 0.0465. The fourth-order valence-electron chi connectivity index (χ4n) is 2.28. The molecule has 0 spiro atoms. The molecule has 2 unspecified atom stereocenters. The second-order valence-electron chi connectivity index (χ2n) is 5.23. The highest BCUT2D eigenvalue weighted by Crippen LogP contribution is 2.27. The van der Waals surface area contributed by atoms with Gasteiger partial charge in [-0.05, 0) is 39.8 Å². The molecule has 3 atom stereocenters. The minimum Gasteiger partial charge on any atom is -0.354 e. The molecule has 1 N–H and O–H groups in total. The molecular weight excluding hydrogens is 216 g/mol. The molecule has 0 radical (unpaired) electrons. The summed E-state index contributed by atoms with van der Waals surface area (Å²) in [6.45, 7) is 2.52. The lowest BCUT2D eigenvalue weighted by atomic mass is 9.80. The molecule has 1 fully saturated rings. The number of likely N-dealkylation sites (N-methyl/N-ethyl adjacent to an activating group) is 1. The van der Waals surface area contributed by atoms with Gasteiger partial charge in [0.2, 0.25) is 5.91 Å². The predicted octanol–water partition coefficient (Wildman–Crippen LogP) is 1.06. The Hall–Kier alpha value is -0.900. The van der Waals surface area contributed by atoms with E-state index < -0.39 is 0 Å². The average molecular weight is 240 g/mol. The van der Waals surface area contributed by atoms with Crippen molar-refractivity contribution in [2.24, 2.45) is 11.8 Å². The summed E-state index contributed by atoms with van der Waals surface area (Å²) in [5.41, 5.74) is 0. The number of hydrogen-bond donors (Lipinski definition) is 1. The van der Waals surface area contributed by atoms with Crippen LogP contribution in [-0.2, 0) is 9.59 Å². The van der Waals surface area contributed by atoms with E-state index in [0.717, 1.165) is 25.5 Å². The van der Waals surface area contributed by atoms with E-state index in [-0.39, 0.29) is 17.9 Å². The maximum atomic E-state index is 11.8. The highest BCUT2D eigenvalue weighted by Gasteiger charge is 2.25. The van der Waals surface area contributed by atoms with Crippen molar-refractivity contribution in [3.63, 3.8) is 0 Å². The molecular formula is C13H24N2O2. The molecule has 1 aliphatic carbocycles. The van der Waals surface area contributed by atoms with Gasteiger partial charge in [-0.15, -0.1) is 0 Å². The quantitative estimate of drug-likeness (QED) is 0.731. The standard InChI is InChI=1S/C13H24N2O2/c1-10(15(2)3)13(17)14-8-11-6-4-5-7-12(11)9-16/h9-12H,4-8H2,1-3H3,(H,14,17)/t10-,11?,12?/m0/s1. The zero-order chi connectivity index (χ0) is 12.8. The van der Waals surface area contributed by atoms with Crippen LogP contribution in [0.3, 0.4) is 0 Å². The van der Waals surface area contributed by atoms with Crippen molar-refractivity contribution < 1.29 is 9.59 Å². The van der Waals surface area contributed by atoms with Crippen LogP contribution in [0.25, 0.3) is 0 Å². The molecule has 1 saturated carbocycles. The first-order valence-electron chi connectivity index (χ1n) is 6.45. The molecule has 1 amide bonds. The van der Waals surface area contributed by atoms with Gasteiger partial charge in [-0.25, -0.2) is 0 Å². The molecule has 98 valence electrons. The fourth-order valence-corrected chi connectivity index (χ4v) is 2.28. The Bertz CT molecular complexity index is 266. The average Bonchev–Trinajstić information content (AvgIpc) is 2.35. The number of nitrogens with one attached hydrogen (secondary N) is 1. The lowest BCUT2D eigenvalue weighted by Crippen LogP contribution is -2.44. The zero-order valence-electron chi connectivity index (χ0n) is 11.1. The number of aldehydes is 1. The Morgan fingerprint density at radius 2 is 2.06 bits per heavy atom. The molecule has 0 bridgehead atoms. The van der Waals surface area contributed by atoms with E-state index in [0.29, 0.717) is 12.5 Å². The van der Waals surface area contributed by atoms with Crippen LogP contribution in [0.1, 0.15) is 32.6 Å². The number of rotatable bonds is 5. The number of hydrogen-bond acceptors (Lipinski definition) is 3. The summed E-state index contributed by atoms with van der Waals surface area (Å²) < 4.78 is 0. The molecule has 4 nitrogen and oxygen atoms in total. The van der Waals surface area contributed by atoms with Crippen LogP contribution in [0.5, 0.6) is 0 Å². The zero-order valence-corrected chi connectivity index (χ0v) is 11.1. The van der Waals surface area contributed by atoms with E-state index in [4.69, 9.17) is 0 Å². The monoisotopic (exact) mass is 240 g/mol. The van der Waals surface area contributed by atoms with Crippen LogP contribution in [0.4, 0.5) is 0 Å². The van der Waals surface area contributed by atoms with Gasteiger partial charge in [-0.3, -0.25) is 9.69 Å². The Labute approximate surface area is 104 Å². The van der Waals surface area contributed by atoms with Gasteiger partial charge in [0.1, 0.15) is 6.29 Å². The van der Waals surface area contributed by atoms with Crippen LogP contribution in [0.2, 0.25) is 0 Å². The summed E-state index contributed by atoms with van der Waals surface area (Å²) >= 11 is 0. The summed E-state index contributed by atoms with van der Waals surface area (Å²) in [5.74, 6) is 0.517. The van der Waals surface area contributed by atoms with Gasteiger partial charge in [0.25, 0.3) is 0 Å². The molecule has 0 saturated heterocycles. The number of carbonyl (C=O) groups excluding carboxylic acids is 2. The molecule has 0 aromatic carbocycles. The van der Waals surface area contributed by atoms with Crippen LogP contribution in [0.15, 0.2) is 0 Å². The molecule has 17 heavy (non-hydrogen) atoms. The maximum absolute atomic E-state index is 11.8. The summed E-state index contributed by atoms with van der Waals surface area (Å²) in [5, 5.41) is 2.96. The molecule has 1 rings (SSSR count). The van der Waals surface area contributed by atoms with Crippen LogP contribution < -0.4 is 5.32 Å². The van der Waals surface area contributed by atoms with Gasteiger partial charge in [0, 0.05) is 12.5 Å². The van der Waals surface area contributed by atoms with E-state index in [1.165, 1.54) is 6.42 Å². The first-order valence-corrected chi connectivity index (χ1v) is 6.45. The second kappa shape index (κ2) is 6.74. The van der Waals surface area contributed by atoms with E-state index in [9.17, 15) is 9.59 Å². The largest absolute Gasteiger partial charge is 0.354 e. The summed E-state index contributed by atoms with van der Waals surface area (Å²) in [4.78, 5) is 24.6. The Morgan fingerprint density at radius 3 is 2.65 bits per heavy atom. The van der Waals surface area contributed by atoms with E-state index in [1.807, 2.05) is 25.9 Å². The Balaban J connectivity index is 2.38. The van der Waals surface area contributed by atoms with Crippen molar-refractivity contribution in [1.82, 2.24) is 10.2 Å². The van der Waals surface area contributed by atoms with Gasteiger partial charge in [-0.2, -0.15) is 0 Å². The van der Waals surface area contributed by atoms with Crippen molar-refractivity contribution in [3.8, 4) is 0 Å². The van der Waals surface area contributed by atoms with Crippen molar-refractivity contribution in [3.05, 3.63) is 0 Å². The predicted molar refractivity (Wildman–Crippen MR) is 67.7 cm³/mol. The number of carbonyl (C=O) groups is 2. The van der Waals surface area contributed by atoms with Gasteiger partial charge >= 0.3 is 0 Å². The first-order chi connectivity index (χ1) is 8.06. The highest BCUT2D eigenvalue weighted by molar-refractivity contribution is 5.81. The molecule has 0 heterocycles. The van der Waals surface area contributed by atoms with E-state index in [2.05, 4.69) is 5.32 Å². The lowest BCUT2D eigenvalue weighted by molar-refractivity contribution is -0.125. The number of amides is 1. The van der Waals surface area contributed by atoms with Gasteiger partial charge in [0.05, 0.1) is 6.04 Å². The van der Waals surface area contributed by atoms with Gasteiger partial charge in [0.15, 0.2) is 0 Å². The van der Waals surface area contributed by atoms with Crippen molar-refractivity contribution in [2.45, 2.75) is 38.6 Å².